The molecule has 130 valence electrons. The highest BCUT2D eigenvalue weighted by Gasteiger charge is 2.33. The van der Waals surface area contributed by atoms with Gasteiger partial charge in [-0.1, -0.05) is 11.6 Å². The van der Waals surface area contributed by atoms with E-state index < -0.39 is 24.9 Å². The fraction of sp³-hybridized carbons (Fsp3) is 0.538. The van der Waals surface area contributed by atoms with Crippen LogP contribution in [-0.2, 0) is 24.8 Å². The molecular formula is C13H19ClN2O5S2. The number of ether oxygens (including phenoxy) is 1. The summed E-state index contributed by atoms with van der Waals surface area (Å²) in [7, 11) is -6.58. The number of nitrogens with zero attached hydrogens (tertiary/aromatic N) is 1. The normalized spacial score (nSPS) is 20.8. The van der Waals surface area contributed by atoms with Crippen molar-refractivity contribution in [1.82, 2.24) is 4.31 Å². The molecule has 0 amide bonds. The van der Waals surface area contributed by atoms with E-state index in [2.05, 4.69) is 0 Å². The Morgan fingerprint density at radius 2 is 2.00 bits per heavy atom. The van der Waals surface area contributed by atoms with Crippen LogP contribution in [0, 0.1) is 0 Å². The lowest BCUT2D eigenvalue weighted by Gasteiger charge is -2.28. The third-order valence-electron chi connectivity index (χ3n) is 3.96. The average Bonchev–Trinajstić information content (AvgIpc) is 2.98. The van der Waals surface area contributed by atoms with E-state index >= 15 is 0 Å². The van der Waals surface area contributed by atoms with E-state index in [9.17, 15) is 16.8 Å². The Kier molecular flexibility index (Phi) is 5.39. The van der Waals surface area contributed by atoms with Crippen molar-refractivity contribution in [1.29, 1.82) is 0 Å². The lowest BCUT2D eigenvalue weighted by molar-refractivity contribution is 0.0652. The molecule has 1 aliphatic heterocycles. The van der Waals surface area contributed by atoms with E-state index in [1.54, 1.807) is 6.92 Å². The number of sulfonamides is 2. The summed E-state index contributed by atoms with van der Waals surface area (Å²) in [5.74, 6) is 0. The second-order valence-corrected chi connectivity index (χ2v) is 9.39. The van der Waals surface area contributed by atoms with Gasteiger partial charge < -0.3 is 4.74 Å². The van der Waals surface area contributed by atoms with Crippen molar-refractivity contribution in [3.63, 3.8) is 0 Å². The lowest BCUT2D eigenvalue weighted by atomic mass is 10.1. The van der Waals surface area contributed by atoms with E-state index in [4.69, 9.17) is 21.5 Å². The molecule has 0 aromatic heterocycles. The van der Waals surface area contributed by atoms with Crippen molar-refractivity contribution in [3.05, 3.63) is 23.2 Å². The zero-order valence-corrected chi connectivity index (χ0v) is 15.2. The van der Waals surface area contributed by atoms with Gasteiger partial charge in [-0.2, -0.15) is 4.31 Å². The van der Waals surface area contributed by atoms with Crippen molar-refractivity contribution in [2.24, 2.45) is 5.14 Å². The van der Waals surface area contributed by atoms with Crippen LogP contribution >= 0.6 is 11.6 Å². The molecule has 1 heterocycles. The summed E-state index contributed by atoms with van der Waals surface area (Å²) in [5, 5.41) is 4.94. The third-order valence-corrected chi connectivity index (χ3v) is 7.30. The molecule has 1 aromatic carbocycles. The van der Waals surface area contributed by atoms with Crippen LogP contribution in [0.5, 0.6) is 0 Å². The molecule has 10 heteroatoms. The SMILES string of the molecule is CC(C1CCCO1)N(C)S(=O)(=O)c1ccc(Cl)c(S(N)(=O)=O)c1. The maximum absolute atomic E-state index is 12.7. The van der Waals surface area contributed by atoms with Crippen molar-refractivity contribution in [3.8, 4) is 0 Å². The number of rotatable bonds is 5. The maximum Gasteiger partial charge on any atom is 0.243 e. The first-order chi connectivity index (χ1) is 10.5. The summed E-state index contributed by atoms with van der Waals surface area (Å²) < 4.78 is 55.1. The zero-order chi connectivity index (χ0) is 17.4. The second kappa shape index (κ2) is 6.66. The van der Waals surface area contributed by atoms with E-state index in [0.717, 1.165) is 18.9 Å². The summed E-state index contributed by atoms with van der Waals surface area (Å²) in [5.41, 5.74) is 0. The van der Waals surface area contributed by atoms with Crippen molar-refractivity contribution in [2.75, 3.05) is 13.7 Å². The molecule has 0 radical (unpaired) electrons. The summed E-state index contributed by atoms with van der Waals surface area (Å²) in [6.45, 7) is 2.36. The van der Waals surface area contributed by atoms with Crippen LogP contribution in [0.1, 0.15) is 19.8 Å². The molecule has 2 N–H and O–H groups in total. The van der Waals surface area contributed by atoms with Crippen LogP contribution in [0.3, 0.4) is 0 Å². The topological polar surface area (TPSA) is 107 Å². The second-order valence-electron chi connectivity index (χ2n) is 5.45. The van der Waals surface area contributed by atoms with Crippen molar-refractivity contribution >= 4 is 31.6 Å². The van der Waals surface area contributed by atoms with Gasteiger partial charge in [0.2, 0.25) is 20.0 Å². The largest absolute Gasteiger partial charge is 0.377 e. The number of nitrogens with two attached hydrogens (primary N) is 1. The van der Waals surface area contributed by atoms with Crippen LogP contribution in [0.2, 0.25) is 5.02 Å². The average molecular weight is 383 g/mol. The Morgan fingerprint density at radius 3 is 2.52 bits per heavy atom. The molecule has 2 rings (SSSR count). The number of likely N-dealkylation sites (N-methyl/N-ethyl adjacent to an activating group) is 1. The smallest absolute Gasteiger partial charge is 0.243 e. The van der Waals surface area contributed by atoms with Gasteiger partial charge >= 0.3 is 0 Å². The molecule has 7 nitrogen and oxygen atoms in total. The lowest BCUT2D eigenvalue weighted by Crippen LogP contribution is -2.42. The molecule has 0 bridgehead atoms. The molecule has 0 saturated carbocycles. The van der Waals surface area contributed by atoms with E-state index in [-0.39, 0.29) is 22.1 Å². The van der Waals surface area contributed by atoms with Gasteiger partial charge in [0.15, 0.2) is 0 Å². The number of benzene rings is 1. The molecular weight excluding hydrogens is 364 g/mol. The van der Waals surface area contributed by atoms with Gasteiger partial charge in [-0.3, -0.25) is 0 Å². The molecule has 1 aliphatic rings. The minimum atomic E-state index is -4.12. The van der Waals surface area contributed by atoms with Gasteiger partial charge in [-0.05, 0) is 38.0 Å². The van der Waals surface area contributed by atoms with Crippen LogP contribution in [0.4, 0.5) is 0 Å². The van der Waals surface area contributed by atoms with Gasteiger partial charge in [-0.25, -0.2) is 22.0 Å². The van der Waals surface area contributed by atoms with E-state index in [1.807, 2.05) is 0 Å². The molecule has 2 atom stereocenters. The molecule has 1 saturated heterocycles. The highest BCUT2D eigenvalue weighted by molar-refractivity contribution is 7.90. The van der Waals surface area contributed by atoms with Crippen LogP contribution in [0.15, 0.2) is 28.0 Å². The molecule has 1 fully saturated rings. The number of primary sulfonamides is 1. The number of hydrogen-bond donors (Lipinski definition) is 1. The maximum atomic E-state index is 12.7. The Morgan fingerprint density at radius 1 is 1.35 bits per heavy atom. The van der Waals surface area contributed by atoms with Crippen molar-refractivity contribution < 1.29 is 21.6 Å². The fourth-order valence-electron chi connectivity index (χ4n) is 2.46. The summed E-state index contributed by atoms with van der Waals surface area (Å²) in [6, 6.07) is 3.06. The Labute approximate surface area is 141 Å². The van der Waals surface area contributed by atoms with Gasteiger partial charge in [-0.15, -0.1) is 0 Å². The van der Waals surface area contributed by atoms with Gasteiger partial charge in [0.1, 0.15) is 4.90 Å². The minimum Gasteiger partial charge on any atom is -0.377 e. The first-order valence-corrected chi connectivity index (χ1v) is 10.3. The summed E-state index contributed by atoms with van der Waals surface area (Å²) in [6.07, 6.45) is 1.49. The first kappa shape index (κ1) is 18.6. The Bertz CT molecular complexity index is 789. The Balaban J connectivity index is 2.39. The fourth-order valence-corrected chi connectivity index (χ4v) is 5.02. The van der Waals surface area contributed by atoms with Crippen LogP contribution in [0.25, 0.3) is 0 Å². The standard InChI is InChI=1S/C13H19ClN2O5S2/c1-9(12-4-3-7-21-12)16(2)23(19,20)10-5-6-11(14)13(8-10)22(15,17)18/h5-6,8-9,12H,3-4,7H2,1-2H3,(H2,15,17,18). The highest BCUT2D eigenvalue weighted by Crippen LogP contribution is 2.28. The third kappa shape index (κ3) is 3.86. The predicted octanol–water partition coefficient (Wildman–Crippen LogP) is 1.18. The number of halogens is 1. The van der Waals surface area contributed by atoms with E-state index in [1.165, 1.54) is 23.5 Å². The van der Waals surface area contributed by atoms with Crippen LogP contribution in [-0.4, -0.2) is 46.9 Å². The molecule has 2 unspecified atom stereocenters. The van der Waals surface area contributed by atoms with Gasteiger partial charge in [0.05, 0.1) is 16.0 Å². The molecule has 0 spiro atoms. The molecule has 1 aromatic rings. The first-order valence-electron chi connectivity index (χ1n) is 6.97. The van der Waals surface area contributed by atoms with Gasteiger partial charge in [0, 0.05) is 19.7 Å². The van der Waals surface area contributed by atoms with Crippen LogP contribution < -0.4 is 5.14 Å². The molecule has 0 aliphatic carbocycles. The van der Waals surface area contributed by atoms with Crippen molar-refractivity contribution in [2.45, 2.75) is 41.7 Å². The van der Waals surface area contributed by atoms with Gasteiger partial charge in [0.25, 0.3) is 0 Å². The summed E-state index contributed by atoms with van der Waals surface area (Å²) in [4.78, 5) is -0.600. The Hall–Kier alpha value is -0.710. The zero-order valence-electron chi connectivity index (χ0n) is 12.8. The van der Waals surface area contributed by atoms with E-state index in [0.29, 0.717) is 6.61 Å². The molecule has 23 heavy (non-hydrogen) atoms. The minimum absolute atomic E-state index is 0.124. The monoisotopic (exact) mass is 382 g/mol. The highest BCUT2D eigenvalue weighted by atomic mass is 35.5. The predicted molar refractivity (Wildman–Crippen MR) is 86.2 cm³/mol. The number of hydrogen-bond acceptors (Lipinski definition) is 5. The quantitative estimate of drug-likeness (QED) is 0.822. The summed E-state index contributed by atoms with van der Waals surface area (Å²) >= 11 is 5.79.